The number of ether oxygens (including phenoxy) is 1. The average molecular weight is 410 g/mol. The van der Waals surface area contributed by atoms with Gasteiger partial charge in [0.1, 0.15) is 29.6 Å². The van der Waals surface area contributed by atoms with Gasteiger partial charge in [-0.2, -0.15) is 5.26 Å². The fraction of sp³-hybridized carbons (Fsp3) is 0.154. The summed E-state index contributed by atoms with van der Waals surface area (Å²) in [5, 5.41) is 9.63. The third kappa shape index (κ3) is 5.19. The summed E-state index contributed by atoms with van der Waals surface area (Å²) in [6.07, 6.45) is 0. The summed E-state index contributed by atoms with van der Waals surface area (Å²) in [7, 11) is 2.11. The molecule has 0 aliphatic carbocycles. The predicted octanol–water partition coefficient (Wildman–Crippen LogP) is 4.88. The van der Waals surface area contributed by atoms with Crippen molar-refractivity contribution in [3.8, 4) is 11.8 Å². The quantitative estimate of drug-likeness (QED) is 0.407. The van der Waals surface area contributed by atoms with E-state index in [9.17, 15) is 4.79 Å². The molecule has 0 bridgehead atoms. The van der Waals surface area contributed by atoms with Crippen molar-refractivity contribution in [1.29, 1.82) is 5.26 Å². The van der Waals surface area contributed by atoms with Crippen LogP contribution in [0.15, 0.2) is 88.1 Å². The first kappa shape index (κ1) is 20.4. The highest BCUT2D eigenvalue weighted by atomic mass is 16.5. The summed E-state index contributed by atoms with van der Waals surface area (Å²) < 4.78 is 11.1. The molecule has 4 aromatic rings. The monoisotopic (exact) mass is 410 g/mol. The van der Waals surface area contributed by atoms with E-state index >= 15 is 0 Å². The van der Waals surface area contributed by atoms with Gasteiger partial charge in [-0.25, -0.2) is 4.79 Å². The molecule has 0 aliphatic rings. The van der Waals surface area contributed by atoms with E-state index in [1.165, 1.54) is 17.2 Å². The van der Waals surface area contributed by atoms with Crippen molar-refractivity contribution in [2.75, 3.05) is 7.05 Å². The van der Waals surface area contributed by atoms with Crippen molar-refractivity contribution in [3.05, 3.63) is 112 Å². The zero-order chi connectivity index (χ0) is 21.6. The number of hydrogen-bond acceptors (Lipinski definition) is 5. The van der Waals surface area contributed by atoms with Crippen molar-refractivity contribution in [1.82, 2.24) is 4.90 Å². The van der Waals surface area contributed by atoms with Crippen LogP contribution in [0.4, 0.5) is 0 Å². The van der Waals surface area contributed by atoms with Crippen LogP contribution in [0.1, 0.15) is 22.3 Å². The average Bonchev–Trinajstić information content (AvgIpc) is 2.78. The first-order valence-electron chi connectivity index (χ1n) is 10.0. The first-order valence-corrected chi connectivity index (χ1v) is 10.0. The van der Waals surface area contributed by atoms with Crippen molar-refractivity contribution < 1.29 is 9.15 Å². The summed E-state index contributed by atoms with van der Waals surface area (Å²) >= 11 is 0. The lowest BCUT2D eigenvalue weighted by Crippen LogP contribution is -2.17. The van der Waals surface area contributed by atoms with E-state index in [2.05, 4.69) is 60.5 Å². The van der Waals surface area contributed by atoms with Crippen molar-refractivity contribution in [2.45, 2.75) is 19.7 Å². The largest absolute Gasteiger partial charge is 0.489 e. The standard InChI is InChI=1S/C26H22N2O3/c1-28(16-19-5-3-2-4-6-19)17-20-7-9-21(10-8-20)18-30-24-12-11-22-13-23(15-27)26(29)31-25(22)14-24/h2-14H,16-18H2,1H3. The number of rotatable bonds is 7. The van der Waals surface area contributed by atoms with Crippen LogP contribution in [0.25, 0.3) is 11.0 Å². The summed E-state index contributed by atoms with van der Waals surface area (Å²) in [6, 6.07) is 27.4. The number of benzene rings is 3. The molecule has 0 amide bonds. The Hall–Kier alpha value is -3.88. The molecule has 1 aromatic heterocycles. The van der Waals surface area contributed by atoms with E-state index in [1.807, 2.05) is 12.1 Å². The maximum atomic E-state index is 11.7. The summed E-state index contributed by atoms with van der Waals surface area (Å²) in [6.45, 7) is 2.18. The Morgan fingerprint density at radius 2 is 1.58 bits per heavy atom. The van der Waals surface area contributed by atoms with Gasteiger partial charge >= 0.3 is 5.63 Å². The molecule has 0 N–H and O–H groups in total. The number of nitriles is 1. The third-order valence-electron chi connectivity index (χ3n) is 5.00. The van der Waals surface area contributed by atoms with Gasteiger partial charge in [-0.05, 0) is 41.9 Å². The summed E-state index contributed by atoms with van der Waals surface area (Å²) in [5.41, 5.74) is 3.35. The van der Waals surface area contributed by atoms with E-state index in [0.29, 0.717) is 23.3 Å². The van der Waals surface area contributed by atoms with Crippen LogP contribution in [0.2, 0.25) is 0 Å². The van der Waals surface area contributed by atoms with E-state index in [-0.39, 0.29) is 5.56 Å². The second kappa shape index (κ2) is 9.29. The van der Waals surface area contributed by atoms with E-state index in [0.717, 1.165) is 18.7 Å². The highest BCUT2D eigenvalue weighted by molar-refractivity contribution is 5.79. The molecule has 5 nitrogen and oxygen atoms in total. The molecule has 0 fully saturated rings. The Bertz CT molecular complexity index is 1270. The normalized spacial score (nSPS) is 10.9. The van der Waals surface area contributed by atoms with Gasteiger partial charge in [0.15, 0.2) is 0 Å². The summed E-state index contributed by atoms with van der Waals surface area (Å²) in [5.74, 6) is 0.604. The predicted molar refractivity (Wildman–Crippen MR) is 120 cm³/mol. The lowest BCUT2D eigenvalue weighted by atomic mass is 10.1. The van der Waals surface area contributed by atoms with Crippen molar-refractivity contribution >= 4 is 11.0 Å². The van der Waals surface area contributed by atoms with E-state index in [1.54, 1.807) is 18.2 Å². The van der Waals surface area contributed by atoms with Crippen LogP contribution in [-0.2, 0) is 19.7 Å². The van der Waals surface area contributed by atoms with Crippen LogP contribution >= 0.6 is 0 Å². The van der Waals surface area contributed by atoms with Gasteiger partial charge in [-0.15, -0.1) is 0 Å². The summed E-state index contributed by atoms with van der Waals surface area (Å²) in [4.78, 5) is 14.0. The Kier molecular flexibility index (Phi) is 6.11. The lowest BCUT2D eigenvalue weighted by molar-refractivity contribution is 0.305. The minimum Gasteiger partial charge on any atom is -0.489 e. The van der Waals surface area contributed by atoms with Gasteiger partial charge in [-0.3, -0.25) is 4.90 Å². The molecule has 0 saturated carbocycles. The Balaban J connectivity index is 1.36. The van der Waals surface area contributed by atoms with Gasteiger partial charge in [0.25, 0.3) is 0 Å². The van der Waals surface area contributed by atoms with Crippen molar-refractivity contribution in [2.24, 2.45) is 0 Å². The highest BCUT2D eigenvalue weighted by Crippen LogP contribution is 2.21. The van der Waals surface area contributed by atoms with Crippen LogP contribution in [-0.4, -0.2) is 11.9 Å². The van der Waals surface area contributed by atoms with Crippen LogP contribution in [0.3, 0.4) is 0 Å². The molecule has 31 heavy (non-hydrogen) atoms. The molecule has 154 valence electrons. The molecular weight excluding hydrogens is 388 g/mol. The minimum atomic E-state index is -0.639. The Morgan fingerprint density at radius 1 is 0.903 bits per heavy atom. The number of nitrogens with zero attached hydrogens (tertiary/aromatic N) is 2. The van der Waals surface area contributed by atoms with Gasteiger partial charge in [0.2, 0.25) is 0 Å². The molecule has 0 unspecified atom stereocenters. The van der Waals surface area contributed by atoms with E-state index < -0.39 is 5.63 Å². The molecule has 0 atom stereocenters. The van der Waals surface area contributed by atoms with E-state index in [4.69, 9.17) is 14.4 Å². The Morgan fingerprint density at radius 3 is 2.29 bits per heavy atom. The van der Waals surface area contributed by atoms with Gasteiger partial charge in [-0.1, -0.05) is 54.6 Å². The van der Waals surface area contributed by atoms with Crippen LogP contribution in [0, 0.1) is 11.3 Å². The molecular formula is C26H22N2O3. The zero-order valence-electron chi connectivity index (χ0n) is 17.2. The third-order valence-corrected chi connectivity index (χ3v) is 5.00. The molecule has 0 radical (unpaired) electrons. The molecule has 4 rings (SSSR count). The highest BCUT2D eigenvalue weighted by Gasteiger charge is 2.07. The van der Waals surface area contributed by atoms with Gasteiger partial charge < -0.3 is 9.15 Å². The smallest absolute Gasteiger partial charge is 0.354 e. The molecule has 0 saturated heterocycles. The number of hydrogen-bond donors (Lipinski definition) is 0. The second-order valence-electron chi connectivity index (χ2n) is 7.52. The molecule has 3 aromatic carbocycles. The lowest BCUT2D eigenvalue weighted by Gasteiger charge is -2.17. The van der Waals surface area contributed by atoms with Gasteiger partial charge in [0.05, 0.1) is 0 Å². The molecule has 5 heteroatoms. The molecule has 1 heterocycles. The maximum absolute atomic E-state index is 11.7. The SMILES string of the molecule is CN(Cc1ccccc1)Cc1ccc(COc2ccc3cc(C#N)c(=O)oc3c2)cc1. The van der Waals surface area contributed by atoms with Crippen LogP contribution in [0.5, 0.6) is 5.75 Å². The fourth-order valence-corrected chi connectivity index (χ4v) is 3.43. The van der Waals surface area contributed by atoms with Crippen LogP contribution < -0.4 is 10.4 Å². The minimum absolute atomic E-state index is 0.00401. The zero-order valence-corrected chi connectivity index (χ0v) is 17.2. The number of fused-ring (bicyclic) bond motifs is 1. The first-order chi connectivity index (χ1) is 15.1. The molecule has 0 spiro atoms. The van der Waals surface area contributed by atoms with Crippen molar-refractivity contribution in [3.63, 3.8) is 0 Å². The topological polar surface area (TPSA) is 66.5 Å². The molecule has 0 aliphatic heterocycles. The maximum Gasteiger partial charge on any atom is 0.354 e. The second-order valence-corrected chi connectivity index (χ2v) is 7.52. The Labute approximate surface area is 180 Å². The fourth-order valence-electron chi connectivity index (χ4n) is 3.43. The van der Waals surface area contributed by atoms with Gasteiger partial charge in [0, 0.05) is 24.5 Å².